The second-order valence-corrected chi connectivity index (χ2v) is 3.89. The maximum atomic E-state index is 12.1. The Hall–Kier alpha value is -1.37. The van der Waals surface area contributed by atoms with Gasteiger partial charge in [-0.3, -0.25) is 0 Å². The summed E-state index contributed by atoms with van der Waals surface area (Å²) >= 11 is 0. The third kappa shape index (κ3) is 4.48. The van der Waals surface area contributed by atoms with Crippen molar-refractivity contribution < 1.29 is 22.6 Å². The van der Waals surface area contributed by atoms with E-state index in [-0.39, 0.29) is 17.7 Å². The number of allylic oxidation sites excluding steroid dienone is 1. The van der Waals surface area contributed by atoms with Crippen LogP contribution in [0, 0.1) is 0 Å². The van der Waals surface area contributed by atoms with Gasteiger partial charge >= 0.3 is 6.18 Å². The van der Waals surface area contributed by atoms with Crippen LogP contribution in [-0.2, 0) is 9.47 Å². The number of rotatable bonds is 5. The minimum absolute atomic E-state index is 0.00132. The van der Waals surface area contributed by atoms with Gasteiger partial charge in [0, 0.05) is 12.6 Å². The molecule has 0 fully saturated rings. The Bertz CT molecular complexity index is 349. The van der Waals surface area contributed by atoms with Crippen LogP contribution in [0.4, 0.5) is 13.2 Å². The summed E-state index contributed by atoms with van der Waals surface area (Å²) in [7, 11) is 0. The van der Waals surface area contributed by atoms with Crippen molar-refractivity contribution in [3.63, 3.8) is 0 Å². The molecule has 0 radical (unpaired) electrons. The number of nitrogens with two attached hydrogens (primary N) is 1. The lowest BCUT2D eigenvalue weighted by molar-refractivity contribution is -0.167. The minimum Gasteiger partial charge on any atom is -0.488 e. The monoisotopic (exact) mass is 266 g/mol. The van der Waals surface area contributed by atoms with E-state index in [1.54, 1.807) is 19.9 Å². The molecule has 0 saturated heterocycles. The molecule has 1 aliphatic heterocycles. The van der Waals surface area contributed by atoms with Gasteiger partial charge in [-0.15, -0.1) is 0 Å². The van der Waals surface area contributed by atoms with E-state index in [0.29, 0.717) is 13.2 Å². The van der Waals surface area contributed by atoms with E-state index >= 15 is 0 Å². The zero-order valence-electron chi connectivity index (χ0n) is 10.3. The largest absolute Gasteiger partial charge is 0.488 e. The van der Waals surface area contributed by atoms with E-state index in [2.05, 4.69) is 10.1 Å². The van der Waals surface area contributed by atoms with Crippen LogP contribution in [0.2, 0.25) is 0 Å². The summed E-state index contributed by atoms with van der Waals surface area (Å²) in [5, 5.41) is 2.74. The molecular weight excluding hydrogens is 249 g/mol. The quantitative estimate of drug-likeness (QED) is 0.794. The first kappa shape index (κ1) is 14.7. The van der Waals surface area contributed by atoms with Gasteiger partial charge in [-0.05, 0) is 25.5 Å². The lowest BCUT2D eigenvalue weighted by atomic mass is 10.1. The van der Waals surface area contributed by atoms with Gasteiger partial charge < -0.3 is 20.5 Å². The Balaban J connectivity index is 2.80. The van der Waals surface area contributed by atoms with Crippen molar-refractivity contribution in [3.05, 3.63) is 23.3 Å². The van der Waals surface area contributed by atoms with Crippen molar-refractivity contribution in [2.75, 3.05) is 19.8 Å². The highest BCUT2D eigenvalue weighted by Crippen LogP contribution is 2.21. The zero-order chi connectivity index (χ0) is 13.8. The summed E-state index contributed by atoms with van der Waals surface area (Å²) in [5.74, 6) is 0.249. The summed E-state index contributed by atoms with van der Waals surface area (Å²) in [6.07, 6.45) is -2.76. The van der Waals surface area contributed by atoms with E-state index in [1.165, 1.54) is 0 Å². The van der Waals surface area contributed by atoms with Gasteiger partial charge in [-0.25, -0.2) is 0 Å². The fourth-order valence-corrected chi connectivity index (χ4v) is 1.39. The first-order valence-corrected chi connectivity index (χ1v) is 5.60. The average molecular weight is 266 g/mol. The molecule has 3 N–H and O–H groups in total. The first-order valence-electron chi connectivity index (χ1n) is 5.60. The Morgan fingerprint density at radius 2 is 2.11 bits per heavy atom. The van der Waals surface area contributed by atoms with Crippen LogP contribution < -0.4 is 11.1 Å². The number of dihydropyridines is 1. The molecule has 104 valence electrons. The highest BCUT2D eigenvalue weighted by atomic mass is 19.4. The van der Waals surface area contributed by atoms with Crippen LogP contribution in [0.3, 0.4) is 0 Å². The second kappa shape index (κ2) is 5.99. The number of alkyl halides is 3. The van der Waals surface area contributed by atoms with E-state index in [9.17, 15) is 13.2 Å². The molecule has 1 heterocycles. The molecule has 1 atom stereocenters. The van der Waals surface area contributed by atoms with Crippen LogP contribution in [0.5, 0.6) is 0 Å². The third-order valence-electron chi connectivity index (χ3n) is 2.26. The zero-order valence-corrected chi connectivity index (χ0v) is 10.3. The van der Waals surface area contributed by atoms with Gasteiger partial charge in [0.15, 0.2) is 12.4 Å². The molecule has 0 saturated carbocycles. The van der Waals surface area contributed by atoms with Crippen molar-refractivity contribution >= 4 is 0 Å². The molecule has 0 spiro atoms. The van der Waals surface area contributed by atoms with Gasteiger partial charge in [0.05, 0.1) is 6.61 Å². The Labute approximate surface area is 104 Å². The van der Waals surface area contributed by atoms with E-state index < -0.39 is 12.8 Å². The van der Waals surface area contributed by atoms with Crippen LogP contribution in [0.25, 0.3) is 0 Å². The SMILES string of the molecule is CCOC1=C(OCC(F)(F)F)NCC(C(C)N)=C1. The number of nitrogens with one attached hydrogen (secondary N) is 1. The molecule has 0 aliphatic carbocycles. The van der Waals surface area contributed by atoms with Crippen molar-refractivity contribution in [1.82, 2.24) is 5.32 Å². The van der Waals surface area contributed by atoms with Crippen LogP contribution in [-0.4, -0.2) is 32.0 Å². The standard InChI is InChI=1S/C11H17F3N2O2/c1-3-17-9-4-8(7(2)15)5-16-10(9)18-6-11(12,13)14/h4,7,16H,3,5-6,15H2,1-2H3. The minimum atomic E-state index is -4.38. The highest BCUT2D eigenvalue weighted by Gasteiger charge is 2.30. The van der Waals surface area contributed by atoms with Gasteiger partial charge in [0.1, 0.15) is 0 Å². The molecule has 0 aromatic rings. The number of halogens is 3. The molecule has 18 heavy (non-hydrogen) atoms. The molecule has 0 aromatic heterocycles. The summed E-state index contributed by atoms with van der Waals surface area (Å²) in [5.41, 5.74) is 6.55. The van der Waals surface area contributed by atoms with Gasteiger partial charge in [0.25, 0.3) is 0 Å². The number of hydrogen-bond donors (Lipinski definition) is 2. The lowest BCUT2D eigenvalue weighted by Gasteiger charge is -2.24. The molecule has 1 rings (SSSR count). The average Bonchev–Trinajstić information content (AvgIpc) is 2.26. The fourth-order valence-electron chi connectivity index (χ4n) is 1.39. The number of ether oxygens (including phenoxy) is 2. The van der Waals surface area contributed by atoms with Crippen molar-refractivity contribution in [2.24, 2.45) is 5.73 Å². The Kier molecular flexibility index (Phi) is 4.89. The lowest BCUT2D eigenvalue weighted by Crippen LogP contribution is -2.33. The normalized spacial score (nSPS) is 18.0. The molecule has 0 aromatic carbocycles. The fraction of sp³-hybridized carbons (Fsp3) is 0.636. The van der Waals surface area contributed by atoms with Crippen molar-refractivity contribution in [2.45, 2.75) is 26.1 Å². The number of hydrogen-bond acceptors (Lipinski definition) is 4. The van der Waals surface area contributed by atoms with E-state index in [0.717, 1.165) is 5.57 Å². The molecule has 0 amide bonds. The predicted octanol–water partition coefficient (Wildman–Crippen LogP) is 1.65. The van der Waals surface area contributed by atoms with Crippen LogP contribution in [0.1, 0.15) is 13.8 Å². The van der Waals surface area contributed by atoms with Gasteiger partial charge in [0.2, 0.25) is 5.88 Å². The molecule has 4 nitrogen and oxygen atoms in total. The topological polar surface area (TPSA) is 56.5 Å². The molecule has 1 unspecified atom stereocenters. The third-order valence-corrected chi connectivity index (χ3v) is 2.26. The molecule has 1 aliphatic rings. The second-order valence-electron chi connectivity index (χ2n) is 3.89. The summed E-state index contributed by atoms with van der Waals surface area (Å²) in [6.45, 7) is 2.86. The van der Waals surface area contributed by atoms with Crippen molar-refractivity contribution in [1.29, 1.82) is 0 Å². The Morgan fingerprint density at radius 3 is 2.61 bits per heavy atom. The first-order chi connectivity index (χ1) is 8.33. The highest BCUT2D eigenvalue weighted by molar-refractivity contribution is 5.29. The van der Waals surface area contributed by atoms with Gasteiger partial charge in [-0.2, -0.15) is 13.2 Å². The van der Waals surface area contributed by atoms with E-state index in [4.69, 9.17) is 10.5 Å². The summed E-state index contributed by atoms with van der Waals surface area (Å²) in [4.78, 5) is 0. The van der Waals surface area contributed by atoms with E-state index in [1.807, 2.05) is 0 Å². The summed E-state index contributed by atoms with van der Waals surface area (Å²) < 4.78 is 46.1. The molecule has 0 bridgehead atoms. The smallest absolute Gasteiger partial charge is 0.422 e. The maximum absolute atomic E-state index is 12.1. The molecular formula is C11H17F3N2O2. The summed E-state index contributed by atoms with van der Waals surface area (Å²) in [6, 6.07) is -0.197. The maximum Gasteiger partial charge on any atom is 0.422 e. The molecule has 7 heteroatoms. The predicted molar refractivity (Wildman–Crippen MR) is 60.4 cm³/mol. The van der Waals surface area contributed by atoms with Crippen molar-refractivity contribution in [3.8, 4) is 0 Å². The van der Waals surface area contributed by atoms with Crippen LogP contribution in [0.15, 0.2) is 23.3 Å². The Morgan fingerprint density at radius 1 is 1.44 bits per heavy atom. The van der Waals surface area contributed by atoms with Gasteiger partial charge in [-0.1, -0.05) is 0 Å². The van der Waals surface area contributed by atoms with Crippen LogP contribution >= 0.6 is 0 Å².